The third kappa shape index (κ3) is 1.57. The predicted molar refractivity (Wildman–Crippen MR) is 59.8 cm³/mol. The topological polar surface area (TPSA) is 33.6 Å². The van der Waals surface area contributed by atoms with Gasteiger partial charge in [0.15, 0.2) is 10.4 Å². The minimum absolute atomic E-state index is 0.771. The van der Waals surface area contributed by atoms with E-state index in [1.165, 1.54) is 6.42 Å². The summed E-state index contributed by atoms with van der Waals surface area (Å²) in [6, 6.07) is 3.92. The molecule has 3 nitrogen and oxygen atoms in total. The normalized spacial score (nSPS) is 10.9. The third-order valence-corrected chi connectivity index (χ3v) is 2.59. The largest absolute Gasteiger partial charge is 0.329 e. The molecule has 0 saturated heterocycles. The van der Waals surface area contributed by atoms with Gasteiger partial charge in [0, 0.05) is 12.7 Å². The second kappa shape index (κ2) is 3.92. The van der Waals surface area contributed by atoms with Crippen LogP contribution in [0.1, 0.15) is 19.8 Å². The first kappa shape index (κ1) is 9.40. The molecule has 1 N–H and O–H groups in total. The van der Waals surface area contributed by atoms with E-state index in [1.54, 1.807) is 6.20 Å². The molecule has 0 aromatic carbocycles. The van der Waals surface area contributed by atoms with Crippen molar-refractivity contribution in [1.82, 2.24) is 14.5 Å². The Morgan fingerprint density at radius 1 is 1.57 bits per heavy atom. The number of imidazole rings is 1. The molecule has 14 heavy (non-hydrogen) atoms. The summed E-state index contributed by atoms with van der Waals surface area (Å²) in [6.07, 6.45) is 4.10. The average molecular weight is 207 g/mol. The Bertz CT molecular complexity index is 483. The smallest absolute Gasteiger partial charge is 0.179 e. The van der Waals surface area contributed by atoms with Gasteiger partial charge in [-0.05, 0) is 30.8 Å². The summed E-state index contributed by atoms with van der Waals surface area (Å²) in [6.45, 7) is 3.12. The van der Waals surface area contributed by atoms with Crippen molar-refractivity contribution in [2.45, 2.75) is 26.3 Å². The number of aryl methyl sites for hydroxylation is 1. The Balaban J connectivity index is 2.51. The van der Waals surface area contributed by atoms with E-state index in [4.69, 9.17) is 12.2 Å². The Labute approximate surface area is 87.8 Å². The minimum Gasteiger partial charge on any atom is -0.329 e. The fourth-order valence-electron chi connectivity index (χ4n) is 1.51. The molecule has 0 bridgehead atoms. The van der Waals surface area contributed by atoms with Crippen LogP contribution < -0.4 is 0 Å². The second-order valence-electron chi connectivity index (χ2n) is 3.31. The van der Waals surface area contributed by atoms with Crippen LogP contribution in [0.3, 0.4) is 0 Å². The molecule has 0 atom stereocenters. The monoisotopic (exact) mass is 207 g/mol. The average Bonchev–Trinajstić information content (AvgIpc) is 2.51. The number of pyridine rings is 1. The van der Waals surface area contributed by atoms with Gasteiger partial charge < -0.3 is 9.55 Å². The number of nitrogens with zero attached hydrogens (tertiary/aromatic N) is 2. The van der Waals surface area contributed by atoms with Crippen molar-refractivity contribution in [1.29, 1.82) is 0 Å². The van der Waals surface area contributed by atoms with E-state index in [0.717, 1.165) is 28.9 Å². The minimum atomic E-state index is 0.771. The zero-order chi connectivity index (χ0) is 9.97. The molecule has 2 heterocycles. The van der Waals surface area contributed by atoms with Gasteiger partial charge in [0.1, 0.15) is 0 Å². The van der Waals surface area contributed by atoms with Gasteiger partial charge in [-0.3, -0.25) is 0 Å². The highest BCUT2D eigenvalue weighted by Crippen LogP contribution is 2.11. The number of rotatable bonds is 3. The van der Waals surface area contributed by atoms with Crippen LogP contribution in [-0.4, -0.2) is 14.5 Å². The summed E-state index contributed by atoms with van der Waals surface area (Å²) in [7, 11) is 0. The van der Waals surface area contributed by atoms with E-state index >= 15 is 0 Å². The molecule has 2 aromatic rings. The van der Waals surface area contributed by atoms with E-state index < -0.39 is 0 Å². The van der Waals surface area contributed by atoms with Gasteiger partial charge in [-0.2, -0.15) is 0 Å². The Morgan fingerprint density at radius 2 is 2.43 bits per heavy atom. The van der Waals surface area contributed by atoms with Crippen LogP contribution in [0.4, 0.5) is 0 Å². The molecule has 2 rings (SSSR count). The molecule has 0 spiro atoms. The van der Waals surface area contributed by atoms with Gasteiger partial charge in [-0.1, -0.05) is 13.3 Å². The van der Waals surface area contributed by atoms with Gasteiger partial charge in [-0.25, -0.2) is 4.98 Å². The molecule has 0 aliphatic carbocycles. The van der Waals surface area contributed by atoms with Crippen molar-refractivity contribution < 1.29 is 0 Å². The van der Waals surface area contributed by atoms with Crippen LogP contribution in [0.5, 0.6) is 0 Å². The van der Waals surface area contributed by atoms with Gasteiger partial charge >= 0.3 is 0 Å². The molecule has 74 valence electrons. The number of H-pyrrole nitrogens is 1. The number of hydrogen-bond donors (Lipinski definition) is 1. The summed E-state index contributed by atoms with van der Waals surface area (Å²) in [5, 5.41) is 0. The number of unbranched alkanes of at least 4 members (excludes halogenated alkanes) is 1. The summed E-state index contributed by atoms with van der Waals surface area (Å²) in [5.74, 6) is 0. The first-order valence-corrected chi connectivity index (χ1v) is 5.27. The number of hydrogen-bond acceptors (Lipinski definition) is 2. The Morgan fingerprint density at radius 3 is 3.21 bits per heavy atom. The van der Waals surface area contributed by atoms with E-state index in [2.05, 4.69) is 21.5 Å². The lowest BCUT2D eigenvalue weighted by atomic mass is 10.3. The molecular formula is C10H13N3S. The van der Waals surface area contributed by atoms with E-state index in [0.29, 0.717) is 0 Å². The van der Waals surface area contributed by atoms with Crippen molar-refractivity contribution in [3.63, 3.8) is 0 Å². The quantitative estimate of drug-likeness (QED) is 0.785. The molecule has 0 saturated carbocycles. The fourth-order valence-corrected chi connectivity index (χ4v) is 1.80. The van der Waals surface area contributed by atoms with Crippen molar-refractivity contribution in [2.24, 2.45) is 0 Å². The predicted octanol–water partition coefficient (Wildman–Crippen LogP) is 2.89. The van der Waals surface area contributed by atoms with E-state index in [9.17, 15) is 0 Å². The summed E-state index contributed by atoms with van der Waals surface area (Å²) in [5.41, 5.74) is 1.99. The summed E-state index contributed by atoms with van der Waals surface area (Å²) >= 11 is 5.23. The number of aromatic amines is 1. The van der Waals surface area contributed by atoms with Gasteiger partial charge in [0.25, 0.3) is 0 Å². The summed E-state index contributed by atoms with van der Waals surface area (Å²) in [4.78, 5) is 7.47. The lowest BCUT2D eigenvalue weighted by Gasteiger charge is -2.00. The number of fused-ring (bicyclic) bond motifs is 1. The maximum atomic E-state index is 5.23. The van der Waals surface area contributed by atoms with Gasteiger partial charge in [0.05, 0.1) is 5.52 Å². The Hall–Kier alpha value is -1.16. The maximum Gasteiger partial charge on any atom is 0.179 e. The Kier molecular flexibility index (Phi) is 2.63. The van der Waals surface area contributed by atoms with Crippen molar-refractivity contribution in [3.8, 4) is 0 Å². The molecule has 0 unspecified atom stereocenters. The molecule has 0 aliphatic rings. The highest BCUT2D eigenvalue weighted by molar-refractivity contribution is 7.71. The first-order valence-electron chi connectivity index (χ1n) is 4.86. The fraction of sp³-hybridized carbons (Fsp3) is 0.400. The number of aromatic nitrogens is 3. The molecule has 2 aromatic heterocycles. The standard InChI is InChI=1S/C10H13N3S/c1-2-3-7-13-9-8(12-10(13)14)5-4-6-11-9/h4-6H,2-3,7H2,1H3,(H,12,14). The molecule has 0 aliphatic heterocycles. The van der Waals surface area contributed by atoms with Crippen LogP contribution in [0, 0.1) is 4.77 Å². The van der Waals surface area contributed by atoms with Crippen molar-refractivity contribution >= 4 is 23.4 Å². The van der Waals surface area contributed by atoms with Crippen LogP contribution >= 0.6 is 12.2 Å². The second-order valence-corrected chi connectivity index (χ2v) is 3.70. The zero-order valence-electron chi connectivity index (χ0n) is 8.16. The third-order valence-electron chi connectivity index (χ3n) is 2.26. The summed E-state index contributed by atoms with van der Waals surface area (Å²) < 4.78 is 2.83. The molecule has 4 heteroatoms. The lowest BCUT2D eigenvalue weighted by Crippen LogP contribution is -1.98. The van der Waals surface area contributed by atoms with Gasteiger partial charge in [-0.15, -0.1) is 0 Å². The molecular weight excluding hydrogens is 194 g/mol. The van der Waals surface area contributed by atoms with Crippen LogP contribution in [-0.2, 0) is 6.54 Å². The van der Waals surface area contributed by atoms with Gasteiger partial charge in [0.2, 0.25) is 0 Å². The molecule has 0 radical (unpaired) electrons. The van der Waals surface area contributed by atoms with Crippen LogP contribution in [0.25, 0.3) is 11.2 Å². The first-order chi connectivity index (χ1) is 6.83. The van der Waals surface area contributed by atoms with Crippen molar-refractivity contribution in [2.75, 3.05) is 0 Å². The van der Waals surface area contributed by atoms with E-state index in [-0.39, 0.29) is 0 Å². The SMILES string of the molecule is CCCCn1c(=S)[nH]c2cccnc21. The number of nitrogens with one attached hydrogen (secondary N) is 1. The van der Waals surface area contributed by atoms with E-state index in [1.807, 2.05) is 12.1 Å². The van der Waals surface area contributed by atoms with Crippen LogP contribution in [0.15, 0.2) is 18.3 Å². The highest BCUT2D eigenvalue weighted by atomic mass is 32.1. The zero-order valence-corrected chi connectivity index (χ0v) is 8.97. The highest BCUT2D eigenvalue weighted by Gasteiger charge is 2.03. The van der Waals surface area contributed by atoms with Crippen molar-refractivity contribution in [3.05, 3.63) is 23.1 Å². The van der Waals surface area contributed by atoms with Crippen LogP contribution in [0.2, 0.25) is 0 Å². The lowest BCUT2D eigenvalue weighted by molar-refractivity contribution is 0.635. The molecule has 0 fully saturated rings. The maximum absolute atomic E-state index is 5.23. The molecule has 0 amide bonds.